The van der Waals surface area contributed by atoms with E-state index in [1.54, 1.807) is 7.11 Å². The zero-order valence-corrected chi connectivity index (χ0v) is 12.7. The van der Waals surface area contributed by atoms with Crippen LogP contribution in [0.15, 0.2) is 22.7 Å². The van der Waals surface area contributed by atoms with Crippen molar-refractivity contribution in [3.05, 3.63) is 33.8 Å². The average molecular weight is 300 g/mol. The van der Waals surface area contributed by atoms with E-state index in [1.165, 1.54) is 11.1 Å². The van der Waals surface area contributed by atoms with E-state index in [0.29, 0.717) is 0 Å². The third-order valence-electron chi connectivity index (χ3n) is 3.23. The van der Waals surface area contributed by atoms with Crippen LogP contribution in [-0.4, -0.2) is 12.7 Å². The van der Waals surface area contributed by atoms with Crippen LogP contribution in [0.5, 0.6) is 0 Å². The molecule has 0 aliphatic carbocycles. The van der Waals surface area contributed by atoms with Crippen LogP contribution in [0.3, 0.4) is 0 Å². The molecule has 2 N–H and O–H groups in total. The van der Waals surface area contributed by atoms with Gasteiger partial charge < -0.3 is 10.5 Å². The summed E-state index contributed by atoms with van der Waals surface area (Å²) in [5.74, 6) is 0. The largest absolute Gasteiger partial charge is 0.379 e. The number of ether oxygens (including phenoxy) is 1. The third-order valence-corrected chi connectivity index (χ3v) is 4.09. The fourth-order valence-electron chi connectivity index (χ4n) is 1.61. The molecule has 3 heteroatoms. The summed E-state index contributed by atoms with van der Waals surface area (Å²) in [4.78, 5) is 0. The van der Waals surface area contributed by atoms with Crippen LogP contribution >= 0.6 is 15.9 Å². The Bertz CT molecular complexity index is 376. The minimum atomic E-state index is -0.0977. The van der Waals surface area contributed by atoms with Crippen molar-refractivity contribution >= 4 is 15.9 Å². The zero-order chi connectivity index (χ0) is 13.1. The van der Waals surface area contributed by atoms with Gasteiger partial charge in [0.1, 0.15) is 0 Å². The monoisotopic (exact) mass is 299 g/mol. The summed E-state index contributed by atoms with van der Waals surface area (Å²) in [5.41, 5.74) is 8.51. The molecular weight excluding hydrogens is 278 g/mol. The minimum Gasteiger partial charge on any atom is -0.379 e. The van der Waals surface area contributed by atoms with Crippen molar-refractivity contribution in [1.29, 1.82) is 0 Å². The van der Waals surface area contributed by atoms with Gasteiger partial charge in [-0.15, -0.1) is 0 Å². The Morgan fingerprint density at radius 2 is 2.06 bits per heavy atom. The van der Waals surface area contributed by atoms with Gasteiger partial charge in [0.2, 0.25) is 0 Å². The molecule has 17 heavy (non-hydrogen) atoms. The van der Waals surface area contributed by atoms with Crippen molar-refractivity contribution in [2.75, 3.05) is 7.11 Å². The molecule has 0 saturated heterocycles. The highest BCUT2D eigenvalue weighted by Gasteiger charge is 2.18. The first-order chi connectivity index (χ1) is 7.85. The van der Waals surface area contributed by atoms with E-state index < -0.39 is 0 Å². The summed E-state index contributed by atoms with van der Waals surface area (Å²) in [6.07, 6.45) is 1.88. The van der Waals surface area contributed by atoms with Gasteiger partial charge in [-0.1, -0.05) is 28.1 Å². The molecule has 0 spiro atoms. The predicted octanol–water partition coefficient (Wildman–Crippen LogP) is 3.96. The van der Waals surface area contributed by atoms with Crippen molar-refractivity contribution in [2.45, 2.75) is 45.3 Å². The van der Waals surface area contributed by atoms with Gasteiger partial charge in [-0.25, -0.2) is 0 Å². The molecule has 1 aromatic rings. The standard InChI is InChI=1S/C14H22BrNO/c1-10-5-6-11(9-12(10)15)13(16)7-8-14(2,3)17-4/h5-6,9,13H,7-8,16H2,1-4H3. The summed E-state index contributed by atoms with van der Waals surface area (Å²) in [6, 6.07) is 6.38. The number of nitrogens with two attached hydrogens (primary N) is 1. The lowest BCUT2D eigenvalue weighted by Crippen LogP contribution is -2.24. The second kappa shape index (κ2) is 5.98. The first-order valence-corrected chi connectivity index (χ1v) is 6.72. The van der Waals surface area contributed by atoms with Crippen LogP contribution in [0, 0.1) is 6.92 Å². The Hall–Kier alpha value is -0.380. The highest BCUT2D eigenvalue weighted by Crippen LogP contribution is 2.26. The first-order valence-electron chi connectivity index (χ1n) is 5.92. The lowest BCUT2D eigenvalue weighted by atomic mass is 9.95. The molecule has 1 atom stereocenters. The van der Waals surface area contributed by atoms with Crippen LogP contribution in [0.1, 0.15) is 43.9 Å². The molecule has 2 nitrogen and oxygen atoms in total. The second-order valence-electron chi connectivity index (χ2n) is 5.12. The maximum Gasteiger partial charge on any atom is 0.0623 e. The van der Waals surface area contributed by atoms with Crippen LogP contribution in [0.4, 0.5) is 0 Å². The second-order valence-corrected chi connectivity index (χ2v) is 5.97. The van der Waals surface area contributed by atoms with E-state index in [2.05, 4.69) is 54.9 Å². The summed E-state index contributed by atoms with van der Waals surface area (Å²) < 4.78 is 6.52. The summed E-state index contributed by atoms with van der Waals surface area (Å²) in [7, 11) is 1.74. The Labute approximate surface area is 113 Å². The molecule has 1 aromatic carbocycles. The highest BCUT2D eigenvalue weighted by atomic mass is 79.9. The molecule has 0 aromatic heterocycles. The molecule has 0 heterocycles. The lowest BCUT2D eigenvalue weighted by molar-refractivity contribution is 0.0125. The SMILES string of the molecule is COC(C)(C)CCC(N)c1ccc(C)c(Br)c1. The first kappa shape index (κ1) is 14.7. The summed E-state index contributed by atoms with van der Waals surface area (Å²) in [5, 5.41) is 0. The van der Waals surface area contributed by atoms with Gasteiger partial charge >= 0.3 is 0 Å². The van der Waals surface area contributed by atoms with Crippen molar-refractivity contribution in [3.63, 3.8) is 0 Å². The normalized spacial score (nSPS) is 13.8. The van der Waals surface area contributed by atoms with E-state index in [9.17, 15) is 0 Å². The predicted molar refractivity (Wildman–Crippen MR) is 76.1 cm³/mol. The van der Waals surface area contributed by atoms with Crippen LogP contribution < -0.4 is 5.73 Å². The third kappa shape index (κ3) is 4.41. The number of hydrogen-bond donors (Lipinski definition) is 1. The Morgan fingerprint density at radius 3 is 2.59 bits per heavy atom. The molecule has 0 bridgehead atoms. The molecule has 0 amide bonds. The highest BCUT2D eigenvalue weighted by molar-refractivity contribution is 9.10. The molecule has 96 valence electrons. The van der Waals surface area contributed by atoms with Crippen LogP contribution in [0.25, 0.3) is 0 Å². The van der Waals surface area contributed by atoms with Crippen molar-refractivity contribution in [1.82, 2.24) is 0 Å². The number of halogens is 1. The van der Waals surface area contributed by atoms with E-state index >= 15 is 0 Å². The van der Waals surface area contributed by atoms with Gasteiger partial charge in [0.05, 0.1) is 5.60 Å². The fraction of sp³-hybridized carbons (Fsp3) is 0.571. The van der Waals surface area contributed by atoms with E-state index in [4.69, 9.17) is 10.5 Å². The van der Waals surface area contributed by atoms with E-state index in [-0.39, 0.29) is 11.6 Å². The smallest absolute Gasteiger partial charge is 0.0623 e. The molecule has 1 rings (SSSR count). The molecule has 0 saturated carbocycles. The minimum absolute atomic E-state index is 0.0707. The zero-order valence-electron chi connectivity index (χ0n) is 11.1. The number of rotatable bonds is 5. The molecule has 0 fully saturated rings. The molecule has 0 aliphatic rings. The number of benzene rings is 1. The lowest BCUT2D eigenvalue weighted by Gasteiger charge is -2.24. The molecule has 0 radical (unpaired) electrons. The maximum absolute atomic E-state index is 6.20. The topological polar surface area (TPSA) is 35.2 Å². The molecule has 1 unspecified atom stereocenters. The van der Waals surface area contributed by atoms with Gasteiger partial charge in [-0.3, -0.25) is 0 Å². The number of aryl methyl sites for hydroxylation is 1. The van der Waals surface area contributed by atoms with Crippen LogP contribution in [0.2, 0.25) is 0 Å². The number of methoxy groups -OCH3 is 1. The maximum atomic E-state index is 6.20. The molecular formula is C14H22BrNO. The quantitative estimate of drug-likeness (QED) is 0.893. The molecule has 0 aliphatic heterocycles. The van der Waals surface area contributed by atoms with Crippen molar-refractivity contribution in [2.24, 2.45) is 5.73 Å². The van der Waals surface area contributed by atoms with Crippen molar-refractivity contribution in [3.8, 4) is 0 Å². The van der Waals surface area contributed by atoms with E-state index in [1.807, 2.05) is 0 Å². The van der Waals surface area contributed by atoms with Gasteiger partial charge in [0.25, 0.3) is 0 Å². The average Bonchev–Trinajstić information content (AvgIpc) is 2.30. The van der Waals surface area contributed by atoms with Gasteiger partial charge in [0.15, 0.2) is 0 Å². The van der Waals surface area contributed by atoms with Crippen LogP contribution in [-0.2, 0) is 4.74 Å². The Kier molecular flexibility index (Phi) is 5.17. The fourth-order valence-corrected chi connectivity index (χ4v) is 2.01. The van der Waals surface area contributed by atoms with Gasteiger partial charge in [0, 0.05) is 17.6 Å². The van der Waals surface area contributed by atoms with Gasteiger partial charge in [-0.2, -0.15) is 0 Å². The summed E-state index contributed by atoms with van der Waals surface area (Å²) >= 11 is 3.54. The Balaban J connectivity index is 2.64. The Morgan fingerprint density at radius 1 is 1.41 bits per heavy atom. The van der Waals surface area contributed by atoms with Crippen molar-refractivity contribution < 1.29 is 4.74 Å². The van der Waals surface area contributed by atoms with E-state index in [0.717, 1.165) is 17.3 Å². The summed E-state index contributed by atoms with van der Waals surface area (Å²) in [6.45, 7) is 6.25. The number of hydrogen-bond acceptors (Lipinski definition) is 2. The van der Waals surface area contributed by atoms with Gasteiger partial charge in [-0.05, 0) is 50.8 Å².